The van der Waals surface area contributed by atoms with E-state index in [2.05, 4.69) is 38.1 Å². The number of hydrogen-bond acceptors (Lipinski definition) is 3. The van der Waals surface area contributed by atoms with E-state index in [1.807, 2.05) is 13.8 Å². The van der Waals surface area contributed by atoms with Crippen LogP contribution < -0.4 is 0 Å². The summed E-state index contributed by atoms with van der Waals surface area (Å²) in [6.45, 7) is 9.51. The molecule has 0 amide bonds. The van der Waals surface area contributed by atoms with Gasteiger partial charge in [-0.15, -0.1) is 0 Å². The Balaban J connectivity index is 1.78. The van der Waals surface area contributed by atoms with Gasteiger partial charge in [-0.3, -0.25) is 0 Å². The zero-order valence-corrected chi connectivity index (χ0v) is 16.5. The van der Waals surface area contributed by atoms with Crippen LogP contribution in [0.25, 0.3) is 0 Å². The Morgan fingerprint density at radius 3 is 2.16 bits per heavy atom. The van der Waals surface area contributed by atoms with E-state index in [-0.39, 0.29) is 18.2 Å². The molecule has 1 heterocycles. The first-order chi connectivity index (χ1) is 11.8. The summed E-state index contributed by atoms with van der Waals surface area (Å²) >= 11 is 0. The second-order valence-electron chi connectivity index (χ2n) is 7.75. The van der Waals surface area contributed by atoms with Crippen LogP contribution in [0.2, 0.25) is 0 Å². The van der Waals surface area contributed by atoms with Crippen molar-refractivity contribution in [3.63, 3.8) is 0 Å². The molecule has 0 bridgehead atoms. The van der Waals surface area contributed by atoms with Crippen LogP contribution in [0.5, 0.6) is 0 Å². The largest absolute Gasteiger partial charge is 0.373 e. The lowest BCUT2D eigenvalue weighted by molar-refractivity contribution is -0.0456. The minimum absolute atomic E-state index is 0.0649. The number of benzene rings is 1. The average molecular weight is 367 g/mol. The van der Waals surface area contributed by atoms with Crippen molar-refractivity contribution < 1.29 is 13.2 Å². The van der Waals surface area contributed by atoms with E-state index < -0.39 is 10.2 Å². The van der Waals surface area contributed by atoms with Crippen LogP contribution in [-0.2, 0) is 21.5 Å². The van der Waals surface area contributed by atoms with Crippen molar-refractivity contribution >= 4 is 10.2 Å². The highest BCUT2D eigenvalue weighted by atomic mass is 32.2. The highest BCUT2D eigenvalue weighted by Crippen LogP contribution is 2.33. The predicted molar refractivity (Wildman–Crippen MR) is 99.6 cm³/mol. The van der Waals surface area contributed by atoms with Gasteiger partial charge in [0.2, 0.25) is 0 Å². The average Bonchev–Trinajstić information content (AvgIpc) is 3.36. The number of hydrogen-bond donors (Lipinski definition) is 0. The lowest BCUT2D eigenvalue weighted by Gasteiger charge is -2.37. The molecule has 1 saturated heterocycles. The van der Waals surface area contributed by atoms with Gasteiger partial charge in [0.15, 0.2) is 0 Å². The zero-order chi connectivity index (χ0) is 18.2. The molecule has 140 valence electrons. The fourth-order valence-corrected chi connectivity index (χ4v) is 5.41. The van der Waals surface area contributed by atoms with Gasteiger partial charge in [0.1, 0.15) is 0 Å². The van der Waals surface area contributed by atoms with Gasteiger partial charge in [0.25, 0.3) is 10.2 Å². The standard InChI is InChI=1S/C19H30N2O3S/c1-14(2)18-7-5-17(6-8-18)13-21(19-9-10-19)25(22,23)20-11-15(3)24-16(4)12-20/h5-8,14-16,19H,9-13H2,1-4H3. The van der Waals surface area contributed by atoms with Gasteiger partial charge in [-0.2, -0.15) is 17.0 Å². The molecule has 1 saturated carbocycles. The van der Waals surface area contributed by atoms with Gasteiger partial charge in [-0.1, -0.05) is 38.1 Å². The molecule has 2 atom stereocenters. The third-order valence-corrected chi connectivity index (χ3v) is 6.92. The summed E-state index contributed by atoms with van der Waals surface area (Å²) in [7, 11) is -3.46. The first kappa shape index (κ1) is 18.8. The van der Waals surface area contributed by atoms with E-state index in [1.165, 1.54) is 5.56 Å². The second-order valence-corrected chi connectivity index (χ2v) is 9.64. The van der Waals surface area contributed by atoms with Gasteiger partial charge in [-0.25, -0.2) is 0 Å². The predicted octanol–water partition coefficient (Wildman–Crippen LogP) is 3.13. The van der Waals surface area contributed by atoms with E-state index in [9.17, 15) is 8.42 Å². The molecule has 0 radical (unpaired) electrons. The molecule has 0 spiro atoms. The van der Waals surface area contributed by atoms with Crippen molar-refractivity contribution in [3.8, 4) is 0 Å². The molecule has 2 aliphatic rings. The molecule has 1 aliphatic carbocycles. The molecule has 5 nitrogen and oxygen atoms in total. The van der Waals surface area contributed by atoms with E-state index in [4.69, 9.17) is 4.74 Å². The number of nitrogens with zero attached hydrogens (tertiary/aromatic N) is 2. The highest BCUT2D eigenvalue weighted by Gasteiger charge is 2.42. The molecule has 1 aromatic carbocycles. The van der Waals surface area contributed by atoms with E-state index >= 15 is 0 Å². The number of rotatable bonds is 6. The minimum atomic E-state index is -3.46. The molecule has 0 N–H and O–H groups in total. The Hall–Kier alpha value is -0.950. The highest BCUT2D eigenvalue weighted by molar-refractivity contribution is 7.86. The van der Waals surface area contributed by atoms with Gasteiger partial charge in [0.05, 0.1) is 12.2 Å². The van der Waals surface area contributed by atoms with Gasteiger partial charge in [0, 0.05) is 25.7 Å². The second kappa shape index (κ2) is 7.35. The lowest BCUT2D eigenvalue weighted by atomic mass is 10.0. The van der Waals surface area contributed by atoms with Crippen LogP contribution in [0.4, 0.5) is 0 Å². The Morgan fingerprint density at radius 2 is 1.68 bits per heavy atom. The molecule has 1 aliphatic heterocycles. The van der Waals surface area contributed by atoms with Crippen molar-refractivity contribution in [2.24, 2.45) is 0 Å². The maximum Gasteiger partial charge on any atom is 0.282 e. The molecule has 2 fully saturated rings. The third-order valence-electron chi connectivity index (χ3n) is 4.95. The summed E-state index contributed by atoms with van der Waals surface area (Å²) < 4.78 is 35.5. The molecule has 25 heavy (non-hydrogen) atoms. The fraction of sp³-hybridized carbons (Fsp3) is 0.684. The van der Waals surface area contributed by atoms with Crippen LogP contribution in [-0.4, -0.2) is 48.4 Å². The molecular weight excluding hydrogens is 336 g/mol. The first-order valence-corrected chi connectivity index (χ1v) is 10.7. The monoisotopic (exact) mass is 366 g/mol. The van der Waals surface area contributed by atoms with Gasteiger partial charge < -0.3 is 4.74 Å². The van der Waals surface area contributed by atoms with Crippen LogP contribution in [0.15, 0.2) is 24.3 Å². The Labute approximate surface area is 152 Å². The molecule has 2 unspecified atom stereocenters. The van der Waals surface area contributed by atoms with Crippen LogP contribution in [0.3, 0.4) is 0 Å². The van der Waals surface area contributed by atoms with Crippen molar-refractivity contribution in [3.05, 3.63) is 35.4 Å². The molecule has 1 aromatic rings. The Bertz CT molecular complexity index is 673. The van der Waals surface area contributed by atoms with E-state index in [1.54, 1.807) is 8.61 Å². The Kier molecular flexibility index (Phi) is 5.54. The van der Waals surface area contributed by atoms with Crippen LogP contribution in [0.1, 0.15) is 57.6 Å². The molecule has 6 heteroatoms. The molecule has 3 rings (SSSR count). The Morgan fingerprint density at radius 1 is 1.12 bits per heavy atom. The summed E-state index contributed by atoms with van der Waals surface area (Å²) in [5.74, 6) is 0.480. The number of ether oxygens (including phenoxy) is 1. The third kappa shape index (κ3) is 4.42. The van der Waals surface area contributed by atoms with Crippen LogP contribution in [0, 0.1) is 0 Å². The van der Waals surface area contributed by atoms with Crippen molar-refractivity contribution in [2.45, 2.75) is 71.2 Å². The summed E-state index contributed by atoms with van der Waals surface area (Å²) in [4.78, 5) is 0. The summed E-state index contributed by atoms with van der Waals surface area (Å²) in [6.07, 6.45) is 1.78. The molecule has 0 aromatic heterocycles. The smallest absolute Gasteiger partial charge is 0.282 e. The zero-order valence-electron chi connectivity index (χ0n) is 15.7. The van der Waals surface area contributed by atoms with E-state index in [0.29, 0.717) is 25.6 Å². The summed E-state index contributed by atoms with van der Waals surface area (Å²) in [5, 5.41) is 0. The van der Waals surface area contributed by atoms with Crippen molar-refractivity contribution in [1.29, 1.82) is 0 Å². The minimum Gasteiger partial charge on any atom is -0.373 e. The van der Waals surface area contributed by atoms with Crippen molar-refractivity contribution in [1.82, 2.24) is 8.61 Å². The fourth-order valence-electron chi connectivity index (χ4n) is 3.42. The summed E-state index contributed by atoms with van der Waals surface area (Å²) in [5.41, 5.74) is 2.33. The van der Waals surface area contributed by atoms with Crippen molar-refractivity contribution in [2.75, 3.05) is 13.1 Å². The quantitative estimate of drug-likeness (QED) is 0.777. The van der Waals surface area contributed by atoms with E-state index in [0.717, 1.165) is 18.4 Å². The first-order valence-electron chi connectivity index (χ1n) is 9.28. The lowest BCUT2D eigenvalue weighted by Crippen LogP contribution is -2.53. The summed E-state index contributed by atoms with van der Waals surface area (Å²) in [6, 6.07) is 8.48. The number of morpholine rings is 1. The molecular formula is C19H30N2O3S. The SMILES string of the molecule is CC1CN(S(=O)(=O)N(Cc2ccc(C(C)C)cc2)C2CC2)CC(C)O1. The maximum absolute atomic E-state index is 13.2. The topological polar surface area (TPSA) is 49.9 Å². The van der Waals surface area contributed by atoms with Gasteiger partial charge >= 0.3 is 0 Å². The normalized spacial score (nSPS) is 25.7. The van der Waals surface area contributed by atoms with Crippen LogP contribution >= 0.6 is 0 Å². The van der Waals surface area contributed by atoms with Gasteiger partial charge in [-0.05, 0) is 43.7 Å². The maximum atomic E-state index is 13.2.